The van der Waals surface area contributed by atoms with E-state index in [2.05, 4.69) is 20.5 Å². The SMILES string of the molecule is O=C(Nc1sc(Nc2ccc3ccccc3c2)nc1C(=O)O)c1ccc(CN2CC(O)C2)cc1. The predicted octanol–water partition coefficient (Wildman–Crippen LogP) is 4.17. The van der Waals surface area contributed by atoms with Crippen molar-refractivity contribution in [2.45, 2.75) is 12.6 Å². The Bertz CT molecular complexity index is 1360. The molecule has 1 amide bonds. The average molecular weight is 475 g/mol. The Balaban J connectivity index is 1.29. The number of carboxylic acid groups (broad SMARTS) is 1. The quantitative estimate of drug-likeness (QED) is 0.318. The first kappa shape index (κ1) is 22.0. The molecule has 1 aliphatic rings. The van der Waals surface area contributed by atoms with Crippen LogP contribution < -0.4 is 10.6 Å². The molecule has 0 bridgehead atoms. The van der Waals surface area contributed by atoms with Gasteiger partial charge in [0.1, 0.15) is 5.00 Å². The largest absolute Gasteiger partial charge is 0.476 e. The Hall–Kier alpha value is -3.79. The highest BCUT2D eigenvalue weighted by atomic mass is 32.1. The van der Waals surface area contributed by atoms with E-state index in [0.29, 0.717) is 30.3 Å². The van der Waals surface area contributed by atoms with E-state index < -0.39 is 11.9 Å². The summed E-state index contributed by atoms with van der Waals surface area (Å²) in [6, 6.07) is 20.9. The molecular formula is C25H22N4O4S. The fraction of sp³-hybridized carbons (Fsp3) is 0.160. The zero-order valence-electron chi connectivity index (χ0n) is 18.1. The van der Waals surface area contributed by atoms with E-state index in [1.54, 1.807) is 12.1 Å². The van der Waals surface area contributed by atoms with Crippen molar-refractivity contribution in [3.05, 3.63) is 83.6 Å². The first-order valence-electron chi connectivity index (χ1n) is 10.8. The molecule has 0 spiro atoms. The van der Waals surface area contributed by atoms with Gasteiger partial charge in [0.25, 0.3) is 5.91 Å². The van der Waals surface area contributed by atoms with Crippen LogP contribution >= 0.6 is 11.3 Å². The topological polar surface area (TPSA) is 115 Å². The zero-order chi connectivity index (χ0) is 23.7. The van der Waals surface area contributed by atoms with Gasteiger partial charge in [-0.15, -0.1) is 0 Å². The number of nitrogens with zero attached hydrogens (tertiary/aromatic N) is 2. The van der Waals surface area contributed by atoms with Crippen molar-refractivity contribution in [1.29, 1.82) is 0 Å². The van der Waals surface area contributed by atoms with Crippen LogP contribution in [0.3, 0.4) is 0 Å². The molecule has 0 saturated carbocycles. The number of carbonyl (C=O) groups is 2. The minimum atomic E-state index is -1.22. The van der Waals surface area contributed by atoms with Crippen molar-refractivity contribution in [3.8, 4) is 0 Å². The molecule has 1 aliphatic heterocycles. The van der Waals surface area contributed by atoms with Crippen molar-refractivity contribution in [2.24, 2.45) is 0 Å². The maximum Gasteiger partial charge on any atom is 0.357 e. The minimum Gasteiger partial charge on any atom is -0.476 e. The number of β-amino-alcohol motifs (C(OH)–C–C–N with tert-alkyl or cyclic N) is 1. The standard InChI is InChI=1S/C25H22N4O4S/c30-20-13-29(14-20)12-15-5-7-17(8-6-15)22(31)28-23-21(24(32)33)27-25(34-23)26-19-10-9-16-3-1-2-4-18(16)11-19/h1-11,20,30H,12-14H2,(H,26,27)(H,28,31)(H,32,33). The second-order valence-electron chi connectivity index (χ2n) is 8.19. The Labute approximate surface area is 199 Å². The smallest absolute Gasteiger partial charge is 0.357 e. The number of hydrogen-bond acceptors (Lipinski definition) is 7. The fourth-order valence-electron chi connectivity index (χ4n) is 3.86. The summed E-state index contributed by atoms with van der Waals surface area (Å²) in [5.41, 5.74) is 2.01. The lowest BCUT2D eigenvalue weighted by molar-refractivity contribution is -0.00286. The molecule has 5 rings (SSSR count). The van der Waals surface area contributed by atoms with E-state index >= 15 is 0 Å². The van der Waals surface area contributed by atoms with Crippen LogP contribution in [0, 0.1) is 0 Å². The molecule has 4 N–H and O–H groups in total. The van der Waals surface area contributed by atoms with Crippen molar-refractivity contribution in [2.75, 3.05) is 23.7 Å². The van der Waals surface area contributed by atoms with Crippen molar-refractivity contribution in [1.82, 2.24) is 9.88 Å². The van der Waals surface area contributed by atoms with Gasteiger partial charge < -0.3 is 20.8 Å². The Kier molecular flexibility index (Phi) is 5.97. The van der Waals surface area contributed by atoms with E-state index in [1.165, 1.54) is 0 Å². The monoisotopic (exact) mass is 474 g/mol. The van der Waals surface area contributed by atoms with E-state index in [9.17, 15) is 19.8 Å². The molecule has 4 aromatic rings. The number of aliphatic hydroxyl groups is 1. The number of aromatic nitrogens is 1. The summed E-state index contributed by atoms with van der Waals surface area (Å²) >= 11 is 1.07. The van der Waals surface area contributed by atoms with Crippen molar-refractivity contribution >= 4 is 49.8 Å². The van der Waals surface area contributed by atoms with Gasteiger partial charge in [-0.3, -0.25) is 9.69 Å². The Morgan fingerprint density at radius 3 is 2.47 bits per heavy atom. The number of nitrogens with one attached hydrogen (secondary N) is 2. The number of carbonyl (C=O) groups excluding carboxylic acids is 1. The molecule has 172 valence electrons. The lowest BCUT2D eigenvalue weighted by Gasteiger charge is -2.35. The lowest BCUT2D eigenvalue weighted by Crippen LogP contribution is -2.49. The summed E-state index contributed by atoms with van der Waals surface area (Å²) in [7, 11) is 0. The summed E-state index contributed by atoms with van der Waals surface area (Å²) in [6.07, 6.45) is -0.256. The van der Waals surface area contributed by atoms with Crippen molar-refractivity contribution < 1.29 is 19.8 Å². The van der Waals surface area contributed by atoms with Crippen LogP contribution in [0.1, 0.15) is 26.4 Å². The summed E-state index contributed by atoms with van der Waals surface area (Å²) in [6.45, 7) is 2.02. The number of hydrogen-bond donors (Lipinski definition) is 4. The second-order valence-corrected chi connectivity index (χ2v) is 9.19. The van der Waals surface area contributed by atoms with Gasteiger partial charge in [-0.05, 0) is 40.6 Å². The number of amides is 1. The summed E-state index contributed by atoms with van der Waals surface area (Å²) in [5, 5.41) is 27.5. The highest BCUT2D eigenvalue weighted by Crippen LogP contribution is 2.32. The number of carboxylic acids is 1. The number of thiazole rings is 1. The predicted molar refractivity (Wildman–Crippen MR) is 132 cm³/mol. The second kappa shape index (κ2) is 9.22. The van der Waals surface area contributed by atoms with Gasteiger partial charge in [0.15, 0.2) is 10.8 Å². The minimum absolute atomic E-state index is 0.166. The van der Waals surface area contributed by atoms with Crippen LogP contribution in [0.25, 0.3) is 10.8 Å². The Morgan fingerprint density at radius 2 is 1.76 bits per heavy atom. The molecule has 1 fully saturated rings. The van der Waals surface area contributed by atoms with Gasteiger partial charge in [-0.2, -0.15) is 0 Å². The summed E-state index contributed by atoms with van der Waals surface area (Å²) in [4.78, 5) is 30.8. The number of likely N-dealkylation sites (tertiary alicyclic amines) is 1. The first-order valence-corrected chi connectivity index (χ1v) is 11.6. The highest BCUT2D eigenvalue weighted by molar-refractivity contribution is 7.20. The molecule has 0 radical (unpaired) electrons. The number of fused-ring (bicyclic) bond motifs is 1. The molecule has 34 heavy (non-hydrogen) atoms. The highest BCUT2D eigenvalue weighted by Gasteiger charge is 2.24. The molecular weight excluding hydrogens is 452 g/mol. The molecule has 1 saturated heterocycles. The third-order valence-electron chi connectivity index (χ3n) is 5.62. The van der Waals surface area contributed by atoms with Gasteiger partial charge in [0.05, 0.1) is 6.10 Å². The molecule has 0 aliphatic carbocycles. The van der Waals surface area contributed by atoms with E-state index in [1.807, 2.05) is 54.6 Å². The van der Waals surface area contributed by atoms with Gasteiger partial charge in [-0.1, -0.05) is 53.8 Å². The van der Waals surface area contributed by atoms with E-state index in [-0.39, 0.29) is 16.8 Å². The maximum atomic E-state index is 12.8. The van der Waals surface area contributed by atoms with Gasteiger partial charge >= 0.3 is 5.97 Å². The maximum absolute atomic E-state index is 12.8. The van der Waals surface area contributed by atoms with E-state index in [4.69, 9.17) is 0 Å². The number of benzene rings is 3. The van der Waals surface area contributed by atoms with Crippen LogP contribution in [0.5, 0.6) is 0 Å². The molecule has 3 aromatic carbocycles. The van der Waals surface area contributed by atoms with Gasteiger partial charge in [0.2, 0.25) is 0 Å². The third-order valence-corrected chi connectivity index (χ3v) is 6.50. The fourth-order valence-corrected chi connectivity index (χ4v) is 4.73. The number of aliphatic hydroxyl groups excluding tert-OH is 1. The normalized spacial score (nSPS) is 14.0. The van der Waals surface area contributed by atoms with Gasteiger partial charge in [0, 0.05) is 30.9 Å². The first-order chi connectivity index (χ1) is 16.4. The molecule has 0 atom stereocenters. The van der Waals surface area contributed by atoms with Crippen molar-refractivity contribution in [3.63, 3.8) is 0 Å². The van der Waals surface area contributed by atoms with Crippen LogP contribution in [0.2, 0.25) is 0 Å². The van der Waals surface area contributed by atoms with E-state index in [0.717, 1.165) is 33.4 Å². The van der Waals surface area contributed by atoms with Crippen LogP contribution in [-0.2, 0) is 6.54 Å². The van der Waals surface area contributed by atoms with Gasteiger partial charge in [-0.25, -0.2) is 9.78 Å². The lowest BCUT2D eigenvalue weighted by atomic mass is 10.1. The molecule has 1 aromatic heterocycles. The summed E-state index contributed by atoms with van der Waals surface area (Å²) in [5.74, 6) is -1.63. The van der Waals surface area contributed by atoms with Crippen LogP contribution in [-0.4, -0.2) is 51.2 Å². The summed E-state index contributed by atoms with van der Waals surface area (Å²) < 4.78 is 0. The molecule has 8 nitrogen and oxygen atoms in total. The number of rotatable bonds is 7. The third kappa shape index (κ3) is 4.76. The average Bonchev–Trinajstić information content (AvgIpc) is 3.20. The van der Waals surface area contributed by atoms with Crippen LogP contribution in [0.4, 0.5) is 15.8 Å². The number of aromatic carboxylic acids is 1. The Morgan fingerprint density at radius 1 is 1.03 bits per heavy atom. The number of anilines is 3. The molecule has 2 heterocycles. The molecule has 9 heteroatoms. The molecule has 0 unspecified atom stereocenters. The zero-order valence-corrected chi connectivity index (χ0v) is 18.9. The van der Waals surface area contributed by atoms with Crippen LogP contribution in [0.15, 0.2) is 66.7 Å².